The first kappa shape index (κ1) is 29.5. The number of carbonyl (C=O) groups excluding carboxylic acids is 1. The summed E-state index contributed by atoms with van der Waals surface area (Å²) in [7, 11) is 0. The molecule has 0 radical (unpaired) electrons. The van der Waals surface area contributed by atoms with E-state index in [2.05, 4.69) is 59.4 Å². The van der Waals surface area contributed by atoms with Gasteiger partial charge < -0.3 is 13.9 Å². The molecular weight excluding hydrogens is 740 g/mol. The van der Waals surface area contributed by atoms with Gasteiger partial charge in [0, 0.05) is 10.0 Å². The zero-order valence-corrected chi connectivity index (χ0v) is 27.5. The van der Waals surface area contributed by atoms with Gasteiger partial charge in [0.25, 0.3) is 5.56 Å². The van der Waals surface area contributed by atoms with Crippen LogP contribution in [-0.2, 0) is 9.53 Å². The molecule has 11 heteroatoms. The molecule has 1 aliphatic heterocycles. The molecule has 7 nitrogen and oxygen atoms in total. The number of benzene rings is 2. The van der Waals surface area contributed by atoms with Crippen LogP contribution in [0.2, 0.25) is 0 Å². The third-order valence-corrected chi connectivity index (χ3v) is 8.90. The number of nitrogens with zero attached hydrogens (tertiary/aromatic N) is 2. The molecule has 0 bridgehead atoms. The van der Waals surface area contributed by atoms with Crippen molar-refractivity contribution < 1.29 is 18.7 Å². The maximum Gasteiger partial charge on any atom is 0.338 e. The van der Waals surface area contributed by atoms with Crippen molar-refractivity contribution in [1.82, 2.24) is 4.57 Å². The van der Waals surface area contributed by atoms with Crippen LogP contribution in [0.5, 0.6) is 5.75 Å². The Morgan fingerprint density at radius 1 is 1.15 bits per heavy atom. The van der Waals surface area contributed by atoms with Crippen LogP contribution in [0.1, 0.15) is 31.2 Å². The summed E-state index contributed by atoms with van der Waals surface area (Å²) in [5, 5.41) is 0. The SMILES string of the molecule is C=CCOc1c(Br)cc(/C=c2\sc3n(c2=O)[C@@H](c2ccc(-c4ccc(Br)cc4)o2)C(C(=O)OCC)=C(C)N=3)cc1Br. The molecule has 5 rings (SSSR count). The van der Waals surface area contributed by atoms with Crippen LogP contribution < -0.4 is 19.6 Å². The molecule has 2 aromatic heterocycles. The second kappa shape index (κ2) is 12.5. The molecule has 0 spiro atoms. The molecule has 0 saturated carbocycles. The summed E-state index contributed by atoms with van der Waals surface area (Å²) in [5.74, 6) is 1.14. The van der Waals surface area contributed by atoms with Gasteiger partial charge in [0.2, 0.25) is 0 Å². The molecule has 0 amide bonds. The molecule has 41 heavy (non-hydrogen) atoms. The molecule has 4 aromatic rings. The summed E-state index contributed by atoms with van der Waals surface area (Å²) in [4.78, 5) is 32.2. The normalized spacial score (nSPS) is 15.0. The van der Waals surface area contributed by atoms with Crippen LogP contribution in [0.15, 0.2) is 100 Å². The number of furan rings is 1. The van der Waals surface area contributed by atoms with Crippen LogP contribution >= 0.6 is 59.1 Å². The smallest absolute Gasteiger partial charge is 0.338 e. The van der Waals surface area contributed by atoms with E-state index < -0.39 is 12.0 Å². The fraction of sp³-hybridized carbons (Fsp3) is 0.167. The molecular formula is C30H23Br3N2O5S. The third-order valence-electron chi connectivity index (χ3n) is 6.21. The van der Waals surface area contributed by atoms with Gasteiger partial charge in [-0.05, 0) is 93.7 Å². The standard InChI is InChI=1S/C30H23Br3N2O5S/c1-4-12-39-27-20(32)13-17(14-21(27)33)15-24-28(36)35-26(25(29(37)38-5-2)16(3)34-30(35)41-24)23-11-10-22(40-23)18-6-8-19(31)9-7-18/h4,6-11,13-15,26H,1,5,12H2,2-3H3/b24-15-/t26-/m0/s1. The van der Waals surface area contributed by atoms with E-state index in [9.17, 15) is 9.59 Å². The average Bonchev–Trinajstić information content (AvgIpc) is 3.53. The Kier molecular flexibility index (Phi) is 8.98. The van der Waals surface area contributed by atoms with E-state index in [0.29, 0.717) is 38.9 Å². The first-order chi connectivity index (χ1) is 19.7. The van der Waals surface area contributed by atoms with Gasteiger partial charge in [-0.25, -0.2) is 9.79 Å². The Morgan fingerprint density at radius 2 is 1.85 bits per heavy atom. The van der Waals surface area contributed by atoms with Crippen molar-refractivity contribution in [2.24, 2.45) is 4.99 Å². The van der Waals surface area contributed by atoms with E-state index in [0.717, 1.165) is 24.5 Å². The Balaban J connectivity index is 1.65. The lowest BCUT2D eigenvalue weighted by molar-refractivity contribution is -0.139. The van der Waals surface area contributed by atoms with E-state index in [-0.39, 0.29) is 17.7 Å². The minimum Gasteiger partial charge on any atom is -0.487 e. The van der Waals surface area contributed by atoms with Crippen molar-refractivity contribution in [2.75, 3.05) is 13.2 Å². The largest absolute Gasteiger partial charge is 0.487 e. The molecule has 1 atom stereocenters. The molecule has 0 fully saturated rings. The zero-order valence-electron chi connectivity index (χ0n) is 21.9. The maximum absolute atomic E-state index is 13.9. The van der Waals surface area contributed by atoms with Crippen molar-refractivity contribution in [1.29, 1.82) is 0 Å². The van der Waals surface area contributed by atoms with E-state index in [4.69, 9.17) is 13.9 Å². The predicted octanol–water partition coefficient (Wildman–Crippen LogP) is 6.91. The van der Waals surface area contributed by atoms with Crippen molar-refractivity contribution in [3.8, 4) is 17.1 Å². The maximum atomic E-state index is 13.9. The predicted molar refractivity (Wildman–Crippen MR) is 170 cm³/mol. The van der Waals surface area contributed by atoms with Gasteiger partial charge in [-0.15, -0.1) is 0 Å². The number of fused-ring (bicyclic) bond motifs is 1. The van der Waals surface area contributed by atoms with Gasteiger partial charge in [-0.1, -0.05) is 52.1 Å². The van der Waals surface area contributed by atoms with Crippen molar-refractivity contribution in [3.63, 3.8) is 0 Å². The van der Waals surface area contributed by atoms with E-state index in [1.165, 1.54) is 15.9 Å². The second-order valence-corrected chi connectivity index (χ2v) is 12.6. The Bertz CT molecular complexity index is 1850. The quantitative estimate of drug-likeness (QED) is 0.144. The lowest BCUT2D eigenvalue weighted by Crippen LogP contribution is -2.39. The number of allylic oxidation sites excluding steroid dienone is 1. The molecule has 0 saturated heterocycles. The summed E-state index contributed by atoms with van der Waals surface area (Å²) < 4.78 is 21.7. The molecule has 0 N–H and O–H groups in total. The van der Waals surface area contributed by atoms with Crippen LogP contribution in [0.25, 0.3) is 17.4 Å². The molecule has 3 heterocycles. The number of aromatic nitrogens is 1. The van der Waals surface area contributed by atoms with Gasteiger partial charge >= 0.3 is 5.97 Å². The summed E-state index contributed by atoms with van der Waals surface area (Å²) in [5.41, 5.74) is 2.07. The Hall–Kier alpha value is -2.99. The summed E-state index contributed by atoms with van der Waals surface area (Å²) >= 11 is 11.8. The topological polar surface area (TPSA) is 83.0 Å². The van der Waals surface area contributed by atoms with E-state index in [1.807, 2.05) is 42.5 Å². The first-order valence-corrected chi connectivity index (χ1v) is 15.7. The number of hydrogen-bond donors (Lipinski definition) is 0. The molecule has 0 unspecified atom stereocenters. The minimum atomic E-state index is -0.843. The van der Waals surface area contributed by atoms with Gasteiger partial charge in [0.15, 0.2) is 4.80 Å². The van der Waals surface area contributed by atoms with Crippen LogP contribution in [0.3, 0.4) is 0 Å². The summed E-state index contributed by atoms with van der Waals surface area (Å²) in [6.45, 7) is 7.70. The number of esters is 1. The summed E-state index contributed by atoms with van der Waals surface area (Å²) in [6, 6.07) is 14.2. The number of thiazole rings is 1. The Labute approximate surface area is 264 Å². The summed E-state index contributed by atoms with van der Waals surface area (Å²) in [6.07, 6.45) is 3.45. The first-order valence-electron chi connectivity index (χ1n) is 12.5. The van der Waals surface area contributed by atoms with Gasteiger partial charge in [-0.3, -0.25) is 9.36 Å². The monoisotopic (exact) mass is 760 g/mol. The lowest BCUT2D eigenvalue weighted by Gasteiger charge is -2.22. The van der Waals surface area contributed by atoms with Gasteiger partial charge in [-0.2, -0.15) is 0 Å². The van der Waals surface area contributed by atoms with Gasteiger partial charge in [0.05, 0.1) is 31.4 Å². The highest BCUT2D eigenvalue weighted by molar-refractivity contribution is 9.11. The average molecular weight is 763 g/mol. The molecule has 0 aliphatic carbocycles. The highest BCUT2D eigenvalue weighted by Crippen LogP contribution is 2.36. The molecule has 2 aromatic carbocycles. The van der Waals surface area contributed by atoms with Crippen molar-refractivity contribution in [3.05, 3.63) is 117 Å². The number of halogens is 3. The number of hydrogen-bond acceptors (Lipinski definition) is 7. The van der Waals surface area contributed by atoms with Crippen LogP contribution in [-0.4, -0.2) is 23.8 Å². The van der Waals surface area contributed by atoms with Gasteiger partial charge in [0.1, 0.15) is 29.9 Å². The Morgan fingerprint density at radius 3 is 2.51 bits per heavy atom. The second-order valence-electron chi connectivity index (χ2n) is 8.92. The number of rotatable bonds is 8. The van der Waals surface area contributed by atoms with E-state index >= 15 is 0 Å². The lowest BCUT2D eigenvalue weighted by atomic mass is 10.0. The fourth-order valence-electron chi connectivity index (χ4n) is 4.42. The molecule has 210 valence electrons. The number of carbonyl (C=O) groups is 1. The third kappa shape index (κ3) is 5.99. The minimum absolute atomic E-state index is 0.186. The fourth-order valence-corrected chi connectivity index (χ4v) is 7.19. The highest BCUT2D eigenvalue weighted by Gasteiger charge is 2.35. The highest BCUT2D eigenvalue weighted by atomic mass is 79.9. The zero-order chi connectivity index (χ0) is 29.3. The van der Waals surface area contributed by atoms with Crippen molar-refractivity contribution in [2.45, 2.75) is 19.9 Å². The molecule has 1 aliphatic rings. The van der Waals surface area contributed by atoms with Crippen molar-refractivity contribution >= 4 is 71.2 Å². The van der Waals surface area contributed by atoms with E-state index in [1.54, 1.807) is 32.1 Å². The van der Waals surface area contributed by atoms with Crippen LogP contribution in [0.4, 0.5) is 0 Å². The van der Waals surface area contributed by atoms with Crippen LogP contribution in [0, 0.1) is 0 Å². The number of ether oxygens (including phenoxy) is 2.